The summed E-state index contributed by atoms with van der Waals surface area (Å²) < 4.78 is 5.92. The van der Waals surface area contributed by atoms with Crippen LogP contribution in [0.25, 0.3) is 0 Å². The van der Waals surface area contributed by atoms with Gasteiger partial charge in [-0.05, 0) is 39.2 Å². The van der Waals surface area contributed by atoms with Crippen LogP contribution in [0, 0.1) is 11.3 Å². The molecule has 146 valence electrons. The van der Waals surface area contributed by atoms with Gasteiger partial charge in [0.2, 0.25) is 0 Å². The van der Waals surface area contributed by atoms with E-state index in [1.54, 1.807) is 0 Å². The van der Waals surface area contributed by atoms with E-state index in [1.165, 1.54) is 45.3 Å². The first-order valence-corrected chi connectivity index (χ1v) is 9.97. The van der Waals surface area contributed by atoms with E-state index in [9.17, 15) is 0 Å². The van der Waals surface area contributed by atoms with Crippen LogP contribution in [0.4, 0.5) is 0 Å². The van der Waals surface area contributed by atoms with Crippen molar-refractivity contribution in [2.75, 3.05) is 32.8 Å². The van der Waals surface area contributed by atoms with Crippen LogP contribution in [0.5, 0.6) is 0 Å². The minimum atomic E-state index is 0. The zero-order chi connectivity index (χ0) is 17.2. The van der Waals surface area contributed by atoms with Gasteiger partial charge < -0.3 is 20.3 Å². The Morgan fingerprint density at radius 2 is 1.88 bits per heavy atom. The molecule has 2 aliphatic heterocycles. The van der Waals surface area contributed by atoms with Crippen LogP contribution in [0.15, 0.2) is 4.99 Å². The van der Waals surface area contributed by atoms with Crippen LogP contribution in [0.2, 0.25) is 0 Å². The number of nitrogens with one attached hydrogen (secondary N) is 2. The van der Waals surface area contributed by atoms with Crippen molar-refractivity contribution in [1.29, 1.82) is 0 Å². The van der Waals surface area contributed by atoms with Crippen molar-refractivity contribution in [1.82, 2.24) is 15.5 Å². The van der Waals surface area contributed by atoms with E-state index in [0.29, 0.717) is 24.1 Å². The molecule has 3 fully saturated rings. The number of fused-ring (bicyclic) bond motifs is 1. The maximum atomic E-state index is 5.92. The SMILES string of the molecule is CCCN1CCC(NC(=NCC)NC2C3CCOC3C2(C)C)CC1.I. The average molecular weight is 464 g/mol. The second-order valence-electron chi connectivity index (χ2n) is 8.27. The van der Waals surface area contributed by atoms with Crippen LogP contribution in [0.3, 0.4) is 0 Å². The van der Waals surface area contributed by atoms with Crippen molar-refractivity contribution in [3.05, 3.63) is 0 Å². The molecule has 0 aromatic heterocycles. The van der Waals surface area contributed by atoms with E-state index >= 15 is 0 Å². The van der Waals surface area contributed by atoms with Crippen molar-refractivity contribution in [2.45, 2.75) is 71.6 Å². The molecule has 1 aliphatic carbocycles. The maximum absolute atomic E-state index is 5.92. The Bertz CT molecular complexity index is 449. The first kappa shape index (κ1) is 21.2. The summed E-state index contributed by atoms with van der Waals surface area (Å²) in [6.45, 7) is 14.4. The molecule has 0 radical (unpaired) electrons. The lowest BCUT2D eigenvalue weighted by atomic mass is 9.57. The number of hydrogen-bond donors (Lipinski definition) is 2. The predicted molar refractivity (Wildman–Crippen MR) is 115 cm³/mol. The van der Waals surface area contributed by atoms with E-state index in [4.69, 9.17) is 9.73 Å². The van der Waals surface area contributed by atoms with Gasteiger partial charge in [0.05, 0.1) is 6.10 Å². The second kappa shape index (κ2) is 9.22. The van der Waals surface area contributed by atoms with E-state index in [1.807, 2.05) is 0 Å². The molecule has 3 aliphatic rings. The van der Waals surface area contributed by atoms with Gasteiger partial charge in [0, 0.05) is 49.7 Å². The van der Waals surface area contributed by atoms with Gasteiger partial charge in [-0.3, -0.25) is 4.99 Å². The number of nitrogens with zero attached hydrogens (tertiary/aromatic N) is 2. The molecule has 3 atom stereocenters. The first-order chi connectivity index (χ1) is 11.6. The maximum Gasteiger partial charge on any atom is 0.191 e. The monoisotopic (exact) mass is 464 g/mol. The topological polar surface area (TPSA) is 48.9 Å². The number of piperidine rings is 1. The lowest BCUT2D eigenvalue weighted by molar-refractivity contribution is -0.106. The largest absolute Gasteiger partial charge is 0.377 e. The highest BCUT2D eigenvalue weighted by atomic mass is 127. The van der Waals surface area contributed by atoms with E-state index in [2.05, 4.69) is 43.2 Å². The van der Waals surface area contributed by atoms with E-state index in [0.717, 1.165) is 19.1 Å². The van der Waals surface area contributed by atoms with Gasteiger partial charge in [-0.15, -0.1) is 24.0 Å². The van der Waals surface area contributed by atoms with Crippen molar-refractivity contribution in [3.8, 4) is 0 Å². The lowest BCUT2D eigenvalue weighted by Crippen LogP contribution is -2.68. The number of guanidine groups is 1. The van der Waals surface area contributed by atoms with Gasteiger partial charge in [0.25, 0.3) is 0 Å². The zero-order valence-corrected chi connectivity index (χ0v) is 18.7. The molecule has 25 heavy (non-hydrogen) atoms. The molecule has 2 saturated heterocycles. The Morgan fingerprint density at radius 3 is 2.52 bits per heavy atom. The van der Waals surface area contributed by atoms with Gasteiger partial charge in [0.1, 0.15) is 0 Å². The molecule has 3 rings (SSSR count). The average Bonchev–Trinajstić information content (AvgIpc) is 3.02. The number of rotatable bonds is 5. The zero-order valence-electron chi connectivity index (χ0n) is 16.4. The fourth-order valence-corrected chi connectivity index (χ4v) is 4.87. The normalized spacial score (nSPS) is 32.5. The Labute approximate surface area is 170 Å². The fraction of sp³-hybridized carbons (Fsp3) is 0.947. The van der Waals surface area contributed by atoms with Gasteiger partial charge in [-0.25, -0.2) is 0 Å². The second-order valence-corrected chi connectivity index (χ2v) is 8.27. The quantitative estimate of drug-likeness (QED) is 0.373. The first-order valence-electron chi connectivity index (χ1n) is 9.97. The summed E-state index contributed by atoms with van der Waals surface area (Å²) in [5.41, 5.74) is 0.196. The highest BCUT2D eigenvalue weighted by Gasteiger charge is 2.59. The molecule has 3 unspecified atom stereocenters. The van der Waals surface area contributed by atoms with Crippen molar-refractivity contribution in [2.24, 2.45) is 16.3 Å². The molecule has 0 aromatic rings. The molecule has 0 amide bonds. The van der Waals surface area contributed by atoms with Gasteiger partial charge in [-0.1, -0.05) is 20.8 Å². The summed E-state index contributed by atoms with van der Waals surface area (Å²) in [6.07, 6.45) is 5.29. The molecular weight excluding hydrogens is 427 g/mol. The summed E-state index contributed by atoms with van der Waals surface area (Å²) in [5, 5.41) is 7.45. The molecule has 0 aromatic carbocycles. The van der Waals surface area contributed by atoms with Crippen molar-refractivity contribution in [3.63, 3.8) is 0 Å². The third-order valence-corrected chi connectivity index (χ3v) is 6.18. The lowest BCUT2D eigenvalue weighted by Gasteiger charge is -2.55. The van der Waals surface area contributed by atoms with Gasteiger partial charge in [-0.2, -0.15) is 0 Å². The summed E-state index contributed by atoms with van der Waals surface area (Å²) in [7, 11) is 0. The molecule has 0 spiro atoms. The third kappa shape index (κ3) is 4.61. The fourth-order valence-electron chi connectivity index (χ4n) is 4.87. The number of halogens is 1. The summed E-state index contributed by atoms with van der Waals surface area (Å²) in [5.74, 6) is 1.66. The highest BCUT2D eigenvalue weighted by Crippen LogP contribution is 2.52. The predicted octanol–water partition coefficient (Wildman–Crippen LogP) is 2.85. The Balaban J connectivity index is 0.00000225. The summed E-state index contributed by atoms with van der Waals surface area (Å²) in [6, 6.07) is 1.03. The summed E-state index contributed by atoms with van der Waals surface area (Å²) >= 11 is 0. The number of likely N-dealkylation sites (tertiary alicyclic amines) is 1. The van der Waals surface area contributed by atoms with Crippen molar-refractivity contribution < 1.29 is 4.74 Å². The molecule has 1 saturated carbocycles. The molecule has 2 N–H and O–H groups in total. The van der Waals surface area contributed by atoms with Crippen molar-refractivity contribution >= 4 is 29.9 Å². The van der Waals surface area contributed by atoms with Crippen LogP contribution in [0.1, 0.15) is 53.4 Å². The van der Waals surface area contributed by atoms with Gasteiger partial charge >= 0.3 is 0 Å². The molecule has 6 heteroatoms. The Morgan fingerprint density at radius 1 is 1.16 bits per heavy atom. The summed E-state index contributed by atoms with van der Waals surface area (Å²) in [4.78, 5) is 7.30. The van der Waals surface area contributed by atoms with Gasteiger partial charge in [0.15, 0.2) is 5.96 Å². The number of hydrogen-bond acceptors (Lipinski definition) is 3. The minimum absolute atomic E-state index is 0. The van der Waals surface area contributed by atoms with E-state index < -0.39 is 0 Å². The van der Waals surface area contributed by atoms with Crippen LogP contribution < -0.4 is 10.6 Å². The molecule has 0 bridgehead atoms. The van der Waals surface area contributed by atoms with Crippen LogP contribution in [-0.4, -0.2) is 61.8 Å². The number of ether oxygens (including phenoxy) is 1. The molecule has 5 nitrogen and oxygen atoms in total. The van der Waals surface area contributed by atoms with E-state index in [-0.39, 0.29) is 29.4 Å². The molecular formula is C19H37IN4O. The standard InChI is InChI=1S/C19H36N4O.HI/c1-5-10-23-11-7-14(8-12-23)21-18(20-6-2)22-16-15-9-13-24-17(15)19(16,3)4;/h14-17H,5-13H2,1-4H3,(H2,20,21,22);1H. The third-order valence-electron chi connectivity index (χ3n) is 6.18. The van der Waals surface area contributed by atoms with Crippen LogP contribution >= 0.6 is 24.0 Å². The Hall–Kier alpha value is -0.0800. The van der Waals surface area contributed by atoms with Crippen LogP contribution in [-0.2, 0) is 4.74 Å². The molecule has 2 heterocycles. The highest BCUT2D eigenvalue weighted by molar-refractivity contribution is 14.0. The number of aliphatic imine (C=N–C) groups is 1. The Kier molecular flexibility index (Phi) is 7.83. The smallest absolute Gasteiger partial charge is 0.191 e. The minimum Gasteiger partial charge on any atom is -0.377 e.